The van der Waals surface area contributed by atoms with Gasteiger partial charge in [-0.05, 0) is 37.8 Å². The van der Waals surface area contributed by atoms with Crippen molar-refractivity contribution in [3.05, 3.63) is 69.7 Å². The van der Waals surface area contributed by atoms with Gasteiger partial charge in [0.2, 0.25) is 0 Å². The molecule has 0 unspecified atom stereocenters. The fourth-order valence-electron chi connectivity index (χ4n) is 3.92. The zero-order valence-corrected chi connectivity index (χ0v) is 17.5. The van der Waals surface area contributed by atoms with Crippen LogP contribution in [0.25, 0.3) is 0 Å². The van der Waals surface area contributed by atoms with Gasteiger partial charge in [0, 0.05) is 35.8 Å². The Morgan fingerprint density at radius 2 is 2.21 bits per heavy atom. The largest absolute Gasteiger partial charge is 0.445 e. The van der Waals surface area contributed by atoms with E-state index in [2.05, 4.69) is 22.1 Å². The summed E-state index contributed by atoms with van der Waals surface area (Å²) >= 11 is 6.25. The lowest BCUT2D eigenvalue weighted by atomic mass is 9.97. The van der Waals surface area contributed by atoms with Gasteiger partial charge >= 0.3 is 0 Å². The summed E-state index contributed by atoms with van der Waals surface area (Å²) in [5.74, 6) is 1.55. The molecule has 1 fully saturated rings. The molecular weight excluding hydrogens is 388 g/mol. The molecule has 0 spiro atoms. The molecule has 6 nitrogen and oxygen atoms in total. The molecule has 7 heteroatoms. The van der Waals surface area contributed by atoms with Crippen LogP contribution in [0.5, 0.6) is 0 Å². The Balaban J connectivity index is 1.46. The number of aryl methyl sites for hydroxylation is 1. The molecule has 1 saturated heterocycles. The third-order valence-corrected chi connectivity index (χ3v) is 5.99. The number of piperidine rings is 1. The molecule has 4 rings (SSSR count). The number of benzene rings is 1. The molecule has 0 saturated carbocycles. The first-order valence-electron chi connectivity index (χ1n) is 10.1. The fourth-order valence-corrected chi connectivity index (χ4v) is 4.12. The van der Waals surface area contributed by atoms with Gasteiger partial charge < -0.3 is 9.32 Å². The number of H-pyrrole nitrogens is 1. The highest BCUT2D eigenvalue weighted by Gasteiger charge is 2.30. The highest BCUT2D eigenvalue weighted by molar-refractivity contribution is 6.31. The van der Waals surface area contributed by atoms with Crippen molar-refractivity contribution in [2.24, 2.45) is 0 Å². The van der Waals surface area contributed by atoms with Gasteiger partial charge in [-0.3, -0.25) is 9.89 Å². The van der Waals surface area contributed by atoms with Crippen molar-refractivity contribution < 1.29 is 9.21 Å². The first kappa shape index (κ1) is 19.7. The van der Waals surface area contributed by atoms with Crippen LogP contribution in [0.4, 0.5) is 0 Å². The van der Waals surface area contributed by atoms with Crippen LogP contribution in [0.1, 0.15) is 64.6 Å². The molecule has 1 amide bonds. The highest BCUT2D eigenvalue weighted by atomic mass is 35.5. The molecule has 1 aliphatic rings. The average Bonchev–Trinajstić information content (AvgIpc) is 3.36. The Bertz CT molecular complexity index is 1010. The SMILES string of the molecule is CCc1[nH]nc(C(=O)N2CCC[C@@H](c3ncc(Cc4ccccc4Cl)o3)C2)c1C. The van der Waals surface area contributed by atoms with Gasteiger partial charge in [-0.15, -0.1) is 0 Å². The third kappa shape index (κ3) is 4.08. The van der Waals surface area contributed by atoms with Crippen molar-refractivity contribution in [2.75, 3.05) is 13.1 Å². The maximum absolute atomic E-state index is 13.0. The molecule has 0 radical (unpaired) electrons. The molecule has 3 aromatic rings. The summed E-state index contributed by atoms with van der Waals surface area (Å²) in [7, 11) is 0. The van der Waals surface area contributed by atoms with Crippen molar-refractivity contribution >= 4 is 17.5 Å². The van der Waals surface area contributed by atoms with E-state index in [1.165, 1.54) is 0 Å². The van der Waals surface area contributed by atoms with Crippen LogP contribution in [0.3, 0.4) is 0 Å². The van der Waals surface area contributed by atoms with Crippen LogP contribution in [0.15, 0.2) is 34.9 Å². The summed E-state index contributed by atoms with van der Waals surface area (Å²) in [6, 6.07) is 7.74. The van der Waals surface area contributed by atoms with Crippen molar-refractivity contribution in [3.63, 3.8) is 0 Å². The van der Waals surface area contributed by atoms with Crippen LogP contribution >= 0.6 is 11.6 Å². The molecule has 1 aromatic carbocycles. The number of amides is 1. The highest BCUT2D eigenvalue weighted by Crippen LogP contribution is 2.29. The molecule has 3 heterocycles. The molecule has 29 heavy (non-hydrogen) atoms. The van der Waals surface area contributed by atoms with E-state index in [1.54, 1.807) is 6.20 Å². The van der Waals surface area contributed by atoms with Gasteiger partial charge in [-0.25, -0.2) is 4.98 Å². The van der Waals surface area contributed by atoms with Crippen molar-refractivity contribution in [3.8, 4) is 0 Å². The normalized spacial score (nSPS) is 16.9. The molecular formula is C22H25ClN4O2. The number of carbonyl (C=O) groups is 1. The number of hydrogen-bond donors (Lipinski definition) is 1. The number of oxazole rings is 1. The Kier molecular flexibility index (Phi) is 5.72. The average molecular weight is 413 g/mol. The minimum Gasteiger partial charge on any atom is -0.445 e. The second-order valence-corrected chi connectivity index (χ2v) is 7.96. The van der Waals surface area contributed by atoms with E-state index in [1.807, 2.05) is 36.1 Å². The number of carbonyl (C=O) groups excluding carboxylic acids is 1. The molecule has 152 valence electrons. The Hall–Kier alpha value is -2.60. The van der Waals surface area contributed by atoms with Crippen LogP contribution in [0, 0.1) is 6.92 Å². The van der Waals surface area contributed by atoms with E-state index in [4.69, 9.17) is 16.0 Å². The van der Waals surface area contributed by atoms with Gasteiger partial charge in [-0.1, -0.05) is 36.7 Å². The quantitative estimate of drug-likeness (QED) is 0.667. The molecule has 0 aliphatic carbocycles. The number of likely N-dealkylation sites (tertiary alicyclic amines) is 1. The Labute approximate surface area is 175 Å². The monoisotopic (exact) mass is 412 g/mol. The molecule has 2 aromatic heterocycles. The van der Waals surface area contributed by atoms with E-state index < -0.39 is 0 Å². The van der Waals surface area contributed by atoms with Gasteiger partial charge in [-0.2, -0.15) is 5.10 Å². The van der Waals surface area contributed by atoms with Crippen LogP contribution in [-0.2, 0) is 12.8 Å². The van der Waals surface area contributed by atoms with Crippen molar-refractivity contribution in [1.29, 1.82) is 0 Å². The summed E-state index contributed by atoms with van der Waals surface area (Å²) in [6.07, 6.45) is 5.08. The van der Waals surface area contributed by atoms with Gasteiger partial charge in [0.05, 0.1) is 12.1 Å². The van der Waals surface area contributed by atoms with Crippen LogP contribution in [0.2, 0.25) is 5.02 Å². The van der Waals surface area contributed by atoms with E-state index in [-0.39, 0.29) is 11.8 Å². The second-order valence-electron chi connectivity index (χ2n) is 7.55. The lowest BCUT2D eigenvalue weighted by Crippen LogP contribution is -2.39. The molecule has 1 atom stereocenters. The predicted molar refractivity (Wildman–Crippen MR) is 111 cm³/mol. The maximum atomic E-state index is 13.0. The lowest BCUT2D eigenvalue weighted by Gasteiger charge is -2.31. The fraction of sp³-hybridized carbons (Fsp3) is 0.409. The van der Waals surface area contributed by atoms with Crippen molar-refractivity contribution in [1.82, 2.24) is 20.1 Å². The standard InChI is InChI=1S/C22H25ClN4O2/c1-3-19-14(2)20(26-25-19)22(28)27-10-6-8-16(13-27)21-24-12-17(29-21)11-15-7-4-5-9-18(15)23/h4-5,7,9,12,16H,3,6,8,10-11,13H2,1-2H3,(H,25,26)/t16-/m1/s1. The summed E-state index contributed by atoms with van der Waals surface area (Å²) in [6.45, 7) is 5.33. The van der Waals surface area contributed by atoms with E-state index >= 15 is 0 Å². The maximum Gasteiger partial charge on any atom is 0.274 e. The number of aromatic nitrogens is 3. The predicted octanol–water partition coefficient (Wildman–Crippen LogP) is 4.53. The zero-order chi connectivity index (χ0) is 20.4. The Morgan fingerprint density at radius 1 is 1.38 bits per heavy atom. The second kappa shape index (κ2) is 8.41. The topological polar surface area (TPSA) is 75.0 Å². The number of nitrogens with zero attached hydrogens (tertiary/aromatic N) is 3. The molecule has 1 N–H and O–H groups in total. The lowest BCUT2D eigenvalue weighted by molar-refractivity contribution is 0.0691. The third-order valence-electron chi connectivity index (χ3n) is 5.62. The van der Waals surface area contributed by atoms with Gasteiger partial charge in [0.25, 0.3) is 5.91 Å². The number of aromatic amines is 1. The number of nitrogens with one attached hydrogen (secondary N) is 1. The first-order valence-corrected chi connectivity index (χ1v) is 10.5. The summed E-state index contributed by atoms with van der Waals surface area (Å²) in [5.41, 5.74) is 3.49. The number of hydrogen-bond acceptors (Lipinski definition) is 4. The summed E-state index contributed by atoms with van der Waals surface area (Å²) in [4.78, 5) is 19.4. The minimum atomic E-state index is -0.0222. The summed E-state index contributed by atoms with van der Waals surface area (Å²) in [5, 5.41) is 7.95. The Morgan fingerprint density at radius 3 is 2.97 bits per heavy atom. The van der Waals surface area contributed by atoms with E-state index in [9.17, 15) is 4.79 Å². The van der Waals surface area contributed by atoms with E-state index in [0.717, 1.165) is 53.4 Å². The first-order chi connectivity index (χ1) is 14.1. The van der Waals surface area contributed by atoms with Crippen LogP contribution < -0.4 is 0 Å². The number of halogens is 1. The number of rotatable bonds is 5. The van der Waals surface area contributed by atoms with Crippen LogP contribution in [-0.4, -0.2) is 39.1 Å². The van der Waals surface area contributed by atoms with Crippen molar-refractivity contribution in [2.45, 2.75) is 45.4 Å². The summed E-state index contributed by atoms with van der Waals surface area (Å²) < 4.78 is 6.03. The molecule has 0 bridgehead atoms. The van der Waals surface area contributed by atoms with Gasteiger partial charge in [0.15, 0.2) is 11.6 Å². The zero-order valence-electron chi connectivity index (χ0n) is 16.7. The van der Waals surface area contributed by atoms with E-state index in [0.29, 0.717) is 24.6 Å². The van der Waals surface area contributed by atoms with Gasteiger partial charge in [0.1, 0.15) is 5.76 Å². The molecule has 1 aliphatic heterocycles. The minimum absolute atomic E-state index is 0.0222. The smallest absolute Gasteiger partial charge is 0.274 e.